The molecule has 1 aliphatic heterocycles. The Morgan fingerprint density at radius 3 is 1.53 bits per heavy atom. The van der Waals surface area contributed by atoms with E-state index >= 15 is 0 Å². The summed E-state index contributed by atoms with van der Waals surface area (Å²) in [4.78, 5) is 17.2. The predicted octanol–water partition coefficient (Wildman–Crippen LogP) is 16.8. The maximum Gasteiger partial charge on any atom is 0.311 e. The Bertz CT molecular complexity index is 3120. The summed E-state index contributed by atoms with van der Waals surface area (Å²) in [5, 5.41) is 2.76. The molecule has 2 heterocycles. The van der Waals surface area contributed by atoms with Gasteiger partial charge in [0, 0.05) is 33.2 Å². The molecule has 1 aliphatic rings. The molecule has 0 amide bonds. The highest BCUT2D eigenvalue weighted by atomic mass is 28.5. The zero-order valence-corrected chi connectivity index (χ0v) is 52.9. The number of aromatic nitrogens is 2. The van der Waals surface area contributed by atoms with Crippen molar-refractivity contribution in [1.82, 2.24) is 9.55 Å². The number of rotatable bonds is 20. The van der Waals surface area contributed by atoms with E-state index in [2.05, 4.69) is 283 Å². The minimum atomic E-state index is -2.51. The van der Waals surface area contributed by atoms with E-state index in [4.69, 9.17) is 23.2 Å². The molecule has 1 unspecified atom stereocenters. The van der Waals surface area contributed by atoms with Crippen LogP contribution in [0, 0.1) is 17.8 Å². The van der Waals surface area contributed by atoms with Gasteiger partial charge in [-0.1, -0.05) is 244 Å². The molecule has 0 saturated carbocycles. The molecule has 1 aromatic heterocycles. The van der Waals surface area contributed by atoms with Crippen LogP contribution in [0.5, 0.6) is 0 Å². The monoisotopic (exact) mass is 1080 g/mol. The normalized spacial score (nSPS) is 15.8. The molecule has 76 heavy (non-hydrogen) atoms. The molecule has 0 fully saturated rings. The van der Waals surface area contributed by atoms with E-state index in [9.17, 15) is 0 Å². The van der Waals surface area contributed by atoms with Gasteiger partial charge in [0.2, 0.25) is 8.32 Å². The molecule has 0 aliphatic carbocycles. The van der Waals surface area contributed by atoms with Crippen molar-refractivity contribution in [3.63, 3.8) is 0 Å². The number of imidazole rings is 1. The maximum atomic E-state index is 7.30. The largest absolute Gasteiger partial charge is 0.437 e. The fourth-order valence-electron chi connectivity index (χ4n) is 12.8. The summed E-state index contributed by atoms with van der Waals surface area (Å²) in [6, 6.07) is 61.8. The summed E-state index contributed by atoms with van der Waals surface area (Å²) in [7, 11) is -8.88. The van der Waals surface area contributed by atoms with Crippen molar-refractivity contribution >= 4 is 55.1 Å². The Kier molecular flexibility index (Phi) is 16.6. The maximum absolute atomic E-state index is 7.30. The fraction of sp³-hybridized carbons (Fsp3) is 0.379. The highest BCUT2D eigenvalue weighted by molar-refractivity contribution is 6.94. The van der Waals surface area contributed by atoms with Crippen LogP contribution in [0.2, 0.25) is 64.5 Å². The minimum absolute atomic E-state index is 0.122. The molecule has 0 spiro atoms. The minimum Gasteiger partial charge on any atom is -0.437 e. The Balaban J connectivity index is 1.12. The van der Waals surface area contributed by atoms with E-state index in [1.807, 2.05) is 0 Å². The third-order valence-electron chi connectivity index (χ3n) is 16.5. The number of hydrogen-bond acceptors (Lipinski definition) is 5. The zero-order valence-electron chi connectivity index (χ0n) is 48.9. The first-order valence-corrected chi connectivity index (χ1v) is 40.1. The van der Waals surface area contributed by atoms with E-state index in [0.717, 1.165) is 68.5 Å². The number of benzene rings is 6. The van der Waals surface area contributed by atoms with Crippen LogP contribution in [0.4, 0.5) is 0 Å². The first-order chi connectivity index (χ1) is 35.8. The highest BCUT2D eigenvalue weighted by Gasteiger charge is 2.46. The number of hydrogen-bond donors (Lipinski definition) is 0. The summed E-state index contributed by atoms with van der Waals surface area (Å²) in [6.45, 7) is 40.0. The molecular weight excluding hydrogens is 993 g/mol. The summed E-state index contributed by atoms with van der Waals surface area (Å²) in [6.07, 6.45) is 0. The molecule has 7 aromatic rings. The van der Waals surface area contributed by atoms with Crippen LogP contribution in [0.25, 0.3) is 33.9 Å². The van der Waals surface area contributed by atoms with E-state index in [1.165, 1.54) is 21.5 Å². The Morgan fingerprint density at radius 1 is 0.513 bits per heavy atom. The average Bonchev–Trinajstić information content (AvgIpc) is 4.02. The molecule has 8 rings (SSSR count). The lowest BCUT2D eigenvalue weighted by atomic mass is 9.58. The van der Waals surface area contributed by atoms with E-state index < -0.39 is 39.1 Å². The number of nitrogens with zero attached hydrogens (tertiary/aromatic N) is 4. The first-order valence-electron chi connectivity index (χ1n) is 28.0. The molecule has 10 heteroatoms. The quantitative estimate of drug-likeness (QED) is 0.0715. The summed E-state index contributed by atoms with van der Waals surface area (Å²) in [5.41, 5.74) is 11.6. The van der Waals surface area contributed by atoms with Crippen molar-refractivity contribution in [2.24, 2.45) is 27.7 Å². The molecule has 6 aromatic carbocycles. The average molecular weight is 1080 g/mol. The summed E-state index contributed by atoms with van der Waals surface area (Å²) in [5.74, 6) is 1.61. The van der Waals surface area contributed by atoms with Gasteiger partial charge in [0.1, 0.15) is 5.82 Å². The van der Waals surface area contributed by atoms with Crippen LogP contribution in [0.3, 0.4) is 0 Å². The van der Waals surface area contributed by atoms with Gasteiger partial charge in [0.05, 0.1) is 30.9 Å². The van der Waals surface area contributed by atoms with Crippen molar-refractivity contribution in [2.45, 2.75) is 144 Å². The van der Waals surface area contributed by atoms with Crippen molar-refractivity contribution < 1.29 is 8.23 Å². The van der Waals surface area contributed by atoms with Crippen LogP contribution in [0.1, 0.15) is 90.5 Å². The van der Waals surface area contributed by atoms with Gasteiger partial charge in [0.15, 0.2) is 8.32 Å². The fourth-order valence-corrected chi connectivity index (χ4v) is 31.7. The van der Waals surface area contributed by atoms with Crippen LogP contribution in [-0.4, -0.2) is 54.2 Å². The van der Waals surface area contributed by atoms with Crippen LogP contribution in [0.15, 0.2) is 174 Å². The second-order valence-electron chi connectivity index (χ2n) is 24.9. The van der Waals surface area contributed by atoms with Gasteiger partial charge in [-0.2, -0.15) is 0 Å². The van der Waals surface area contributed by atoms with Crippen LogP contribution < -0.4 is 10.4 Å². The molecule has 0 N–H and O–H groups in total. The van der Waals surface area contributed by atoms with Gasteiger partial charge >= 0.3 is 8.56 Å². The predicted molar refractivity (Wildman–Crippen MR) is 336 cm³/mol. The van der Waals surface area contributed by atoms with Crippen molar-refractivity contribution in [1.29, 1.82) is 0 Å². The Labute approximate surface area is 461 Å². The second-order valence-corrected chi connectivity index (χ2v) is 41.8. The smallest absolute Gasteiger partial charge is 0.311 e. The Morgan fingerprint density at radius 2 is 1.01 bits per heavy atom. The third kappa shape index (κ3) is 11.5. The highest BCUT2D eigenvalue weighted by Crippen LogP contribution is 2.48. The van der Waals surface area contributed by atoms with Gasteiger partial charge in [-0.3, -0.25) is 4.57 Å². The molecular formula is C66H86N4O2Si4. The first kappa shape index (κ1) is 56.8. The lowest BCUT2D eigenvalue weighted by Crippen LogP contribution is -2.57. The molecule has 1 atom stereocenters. The topological polar surface area (TPSA) is 61.0 Å². The third-order valence-corrected chi connectivity index (χ3v) is 31.7. The SMILES string of the molecule is CC1=NC(c2ccc(C(C)C)cc2)(n2c(-c3ccc([Si](C)(C)CC[Si](C)(C)O[Si](C)(C)O[Si](C)(C)c4ccc(C(C(C)C)(C(C)C)C(C)C)cc4)cc3)nc(-c3ccccc3)c2-c2ccccc2)N=C1c1ccccc1. The molecule has 0 radical (unpaired) electrons. The van der Waals surface area contributed by atoms with Crippen LogP contribution >= 0.6 is 0 Å². The van der Waals surface area contributed by atoms with Crippen molar-refractivity contribution in [2.75, 3.05) is 0 Å². The standard InChI is InChI=1S/C66H86N4O2Si4/c1-47(2)52-33-37-58(38-34-52)66(68-51(9)61(69-66)53-27-21-18-22-28-53)70-63(55-31-25-20-26-32-55)62(54-29-23-19-24-30-54)67-64(70)56-35-41-59(42-36-56)73(10,11)45-46-74(12,13)71-76(16,17)72-75(14,15)60-43-39-57(40-44-60)65(48(3)4,49(5)6)50(7)8/h18-44,47-50H,45-46H2,1-17H3. The molecule has 0 bridgehead atoms. The van der Waals surface area contributed by atoms with Gasteiger partial charge in [0.25, 0.3) is 5.79 Å². The zero-order chi connectivity index (χ0) is 55.0. The molecule has 398 valence electrons. The Hall–Kier alpha value is -5.34. The van der Waals surface area contributed by atoms with Gasteiger partial charge in [-0.05, 0) is 92.2 Å². The van der Waals surface area contributed by atoms with E-state index in [1.54, 1.807) is 0 Å². The van der Waals surface area contributed by atoms with E-state index in [0.29, 0.717) is 23.7 Å². The van der Waals surface area contributed by atoms with Crippen molar-refractivity contribution in [3.05, 3.63) is 186 Å². The van der Waals surface area contributed by atoms with E-state index in [-0.39, 0.29) is 5.41 Å². The molecule has 0 saturated heterocycles. The summed E-state index contributed by atoms with van der Waals surface area (Å²) < 4.78 is 16.9. The second kappa shape index (κ2) is 22.2. The van der Waals surface area contributed by atoms with Crippen molar-refractivity contribution in [3.8, 4) is 33.9 Å². The lowest BCUT2D eigenvalue weighted by molar-refractivity contribution is 0.148. The van der Waals surface area contributed by atoms with Crippen LogP contribution in [-0.2, 0) is 19.4 Å². The van der Waals surface area contributed by atoms with Gasteiger partial charge < -0.3 is 8.23 Å². The lowest BCUT2D eigenvalue weighted by Gasteiger charge is -2.46. The summed E-state index contributed by atoms with van der Waals surface area (Å²) >= 11 is 0. The van der Waals surface area contributed by atoms with Gasteiger partial charge in [-0.15, -0.1) is 0 Å². The van der Waals surface area contributed by atoms with Gasteiger partial charge in [-0.25, -0.2) is 15.0 Å². The number of aliphatic imine (C=N–C) groups is 2. The molecule has 6 nitrogen and oxygen atoms in total.